The third-order valence-corrected chi connectivity index (χ3v) is 8.12. The first-order chi connectivity index (χ1) is 20.9. The molecule has 43 heavy (non-hydrogen) atoms. The molecular weight excluding hydrogens is 580 g/mol. The highest BCUT2D eigenvalue weighted by molar-refractivity contribution is 7.99. The Morgan fingerprint density at radius 2 is 1.60 bits per heavy atom. The molecule has 0 fully saturated rings. The van der Waals surface area contributed by atoms with Crippen molar-refractivity contribution >= 4 is 69.4 Å². The molecule has 0 aliphatic carbocycles. The highest BCUT2D eigenvalue weighted by atomic mass is 35.5. The lowest BCUT2D eigenvalue weighted by atomic mass is 10.1. The number of amides is 3. The van der Waals surface area contributed by atoms with Crippen molar-refractivity contribution in [3.05, 3.63) is 131 Å². The Kier molecular flexibility index (Phi) is 9.61. The zero-order valence-electron chi connectivity index (χ0n) is 23.3. The van der Waals surface area contributed by atoms with E-state index in [-0.39, 0.29) is 17.5 Å². The van der Waals surface area contributed by atoms with E-state index in [1.54, 1.807) is 60.8 Å². The quantitative estimate of drug-likeness (QED) is 0.0965. The summed E-state index contributed by atoms with van der Waals surface area (Å²) in [5, 5.41) is 10.1. The van der Waals surface area contributed by atoms with Gasteiger partial charge in [0.2, 0.25) is 5.91 Å². The molecule has 0 radical (unpaired) electrons. The minimum Gasteiger partial charge on any atom is -0.361 e. The summed E-state index contributed by atoms with van der Waals surface area (Å²) in [6, 6.07) is 29.2. The molecule has 7 nitrogen and oxygen atoms in total. The smallest absolute Gasteiger partial charge is 0.272 e. The van der Waals surface area contributed by atoms with Gasteiger partial charge < -0.3 is 20.9 Å². The largest absolute Gasteiger partial charge is 0.361 e. The van der Waals surface area contributed by atoms with Crippen molar-refractivity contribution in [2.75, 3.05) is 16.4 Å². The Hall–Kier alpha value is -4.79. The van der Waals surface area contributed by atoms with E-state index in [9.17, 15) is 14.4 Å². The van der Waals surface area contributed by atoms with Crippen LogP contribution in [0.1, 0.15) is 27.9 Å². The van der Waals surface area contributed by atoms with Gasteiger partial charge in [-0.05, 0) is 73.2 Å². The molecule has 216 valence electrons. The molecule has 4 aromatic carbocycles. The number of carbonyl (C=O) groups is 3. The summed E-state index contributed by atoms with van der Waals surface area (Å²) in [5.74, 6) is -0.347. The minimum atomic E-state index is -0.456. The maximum absolute atomic E-state index is 13.4. The summed E-state index contributed by atoms with van der Waals surface area (Å²) in [6.45, 7) is 1.87. The molecule has 4 N–H and O–H groups in total. The van der Waals surface area contributed by atoms with Gasteiger partial charge in [-0.15, -0.1) is 11.8 Å². The first kappa shape index (κ1) is 29.7. The molecule has 1 aromatic heterocycles. The van der Waals surface area contributed by atoms with E-state index in [1.165, 1.54) is 11.8 Å². The van der Waals surface area contributed by atoms with Crippen LogP contribution in [-0.2, 0) is 9.59 Å². The van der Waals surface area contributed by atoms with Crippen LogP contribution in [0, 0.1) is 6.92 Å². The molecule has 0 aliphatic rings. The second kappa shape index (κ2) is 13.9. The van der Waals surface area contributed by atoms with Crippen LogP contribution in [0.3, 0.4) is 0 Å². The van der Waals surface area contributed by atoms with E-state index in [0.29, 0.717) is 34.1 Å². The van der Waals surface area contributed by atoms with Gasteiger partial charge in [-0.3, -0.25) is 14.4 Å². The maximum Gasteiger partial charge on any atom is 0.272 e. The third kappa shape index (κ3) is 7.74. The Labute approximate surface area is 258 Å². The standard InChI is InChI=1S/C34H29ClN4O3S/c1-22-28(35)11-7-13-29(22)38-32(40)18-19-43-26-16-14-25(15-17-26)37-34(42)31(39-33(41)23-8-3-2-4-9-23)20-24-21-36-30-12-6-5-10-27(24)30/h2-17,20-21,36H,18-19H2,1H3,(H,37,42)(H,38,40)(H,39,41). The number of carbonyl (C=O) groups excluding carboxylic acids is 3. The summed E-state index contributed by atoms with van der Waals surface area (Å²) in [7, 11) is 0. The summed E-state index contributed by atoms with van der Waals surface area (Å²) >= 11 is 7.68. The summed E-state index contributed by atoms with van der Waals surface area (Å²) in [4.78, 5) is 42.9. The van der Waals surface area contributed by atoms with E-state index in [0.717, 1.165) is 26.9 Å². The van der Waals surface area contributed by atoms with Gasteiger partial charge in [0.25, 0.3) is 11.8 Å². The van der Waals surface area contributed by atoms with E-state index >= 15 is 0 Å². The van der Waals surface area contributed by atoms with Crippen molar-refractivity contribution in [2.45, 2.75) is 18.2 Å². The molecule has 0 atom stereocenters. The lowest BCUT2D eigenvalue weighted by Gasteiger charge is -2.12. The van der Waals surface area contributed by atoms with E-state index in [2.05, 4.69) is 20.9 Å². The number of rotatable bonds is 10. The lowest BCUT2D eigenvalue weighted by molar-refractivity contribution is -0.116. The second-order valence-corrected chi connectivity index (χ2v) is 11.3. The fourth-order valence-corrected chi connectivity index (χ4v) is 5.39. The summed E-state index contributed by atoms with van der Waals surface area (Å²) in [6.07, 6.45) is 3.79. The van der Waals surface area contributed by atoms with Gasteiger partial charge >= 0.3 is 0 Å². The van der Waals surface area contributed by atoms with Crippen LogP contribution in [0.25, 0.3) is 17.0 Å². The number of para-hydroxylation sites is 1. The van der Waals surface area contributed by atoms with Gasteiger partial charge in [0, 0.05) is 61.7 Å². The molecule has 0 aliphatic heterocycles. The number of H-pyrrole nitrogens is 1. The highest BCUT2D eigenvalue weighted by Gasteiger charge is 2.16. The predicted octanol–water partition coefficient (Wildman–Crippen LogP) is 7.66. The molecule has 0 saturated carbocycles. The van der Waals surface area contributed by atoms with Gasteiger partial charge in [-0.1, -0.05) is 54.1 Å². The van der Waals surface area contributed by atoms with Crippen LogP contribution >= 0.6 is 23.4 Å². The van der Waals surface area contributed by atoms with Crippen molar-refractivity contribution in [2.24, 2.45) is 0 Å². The Morgan fingerprint density at radius 1 is 0.860 bits per heavy atom. The van der Waals surface area contributed by atoms with Crippen molar-refractivity contribution in [1.82, 2.24) is 10.3 Å². The first-order valence-electron chi connectivity index (χ1n) is 13.6. The van der Waals surface area contributed by atoms with Crippen LogP contribution in [0.2, 0.25) is 5.02 Å². The van der Waals surface area contributed by atoms with E-state index in [4.69, 9.17) is 11.6 Å². The fraction of sp³-hybridized carbons (Fsp3) is 0.0882. The van der Waals surface area contributed by atoms with Crippen molar-refractivity contribution in [3.8, 4) is 0 Å². The van der Waals surface area contributed by atoms with Crippen LogP contribution in [0.4, 0.5) is 11.4 Å². The van der Waals surface area contributed by atoms with Crippen molar-refractivity contribution in [1.29, 1.82) is 0 Å². The van der Waals surface area contributed by atoms with E-state index < -0.39 is 5.91 Å². The summed E-state index contributed by atoms with van der Waals surface area (Å²) in [5.41, 5.74) is 4.37. The average Bonchev–Trinajstić information content (AvgIpc) is 3.43. The van der Waals surface area contributed by atoms with Crippen LogP contribution in [0.15, 0.2) is 114 Å². The molecule has 0 saturated heterocycles. The first-order valence-corrected chi connectivity index (χ1v) is 15.0. The molecule has 0 unspecified atom stereocenters. The van der Waals surface area contributed by atoms with Crippen molar-refractivity contribution in [3.63, 3.8) is 0 Å². The van der Waals surface area contributed by atoms with Crippen LogP contribution in [0.5, 0.6) is 0 Å². The van der Waals surface area contributed by atoms with E-state index in [1.807, 2.05) is 55.5 Å². The van der Waals surface area contributed by atoms with Crippen LogP contribution in [-0.4, -0.2) is 28.5 Å². The number of nitrogens with one attached hydrogen (secondary N) is 4. The average molecular weight is 609 g/mol. The number of fused-ring (bicyclic) bond motifs is 1. The van der Waals surface area contributed by atoms with Gasteiger partial charge in [0.15, 0.2) is 0 Å². The predicted molar refractivity (Wildman–Crippen MR) is 175 cm³/mol. The number of thioether (sulfide) groups is 1. The molecule has 0 bridgehead atoms. The fourth-order valence-electron chi connectivity index (χ4n) is 4.36. The maximum atomic E-state index is 13.4. The van der Waals surface area contributed by atoms with Gasteiger partial charge in [-0.2, -0.15) is 0 Å². The number of hydrogen-bond acceptors (Lipinski definition) is 4. The SMILES string of the molecule is Cc1c(Cl)cccc1NC(=O)CCSc1ccc(NC(=O)C(=Cc2c[nH]c3ccccc23)NC(=O)c2ccccc2)cc1. The summed E-state index contributed by atoms with van der Waals surface area (Å²) < 4.78 is 0. The number of aromatic amines is 1. The normalized spacial score (nSPS) is 11.3. The van der Waals surface area contributed by atoms with Crippen molar-refractivity contribution < 1.29 is 14.4 Å². The van der Waals surface area contributed by atoms with Gasteiger partial charge in [-0.25, -0.2) is 0 Å². The molecule has 9 heteroatoms. The number of benzene rings is 4. The molecule has 3 amide bonds. The number of halogens is 1. The Balaban J connectivity index is 1.23. The molecular formula is C34H29ClN4O3S. The molecule has 5 rings (SSSR count). The topological polar surface area (TPSA) is 103 Å². The Bertz CT molecular complexity index is 1800. The minimum absolute atomic E-state index is 0.0891. The molecule has 5 aromatic rings. The third-order valence-electron chi connectivity index (χ3n) is 6.70. The Morgan fingerprint density at radius 3 is 2.40 bits per heavy atom. The molecule has 0 spiro atoms. The highest BCUT2D eigenvalue weighted by Crippen LogP contribution is 2.25. The number of aromatic nitrogens is 1. The van der Waals surface area contributed by atoms with Gasteiger partial charge in [0.1, 0.15) is 5.70 Å². The second-order valence-electron chi connectivity index (χ2n) is 9.71. The molecule has 1 heterocycles. The number of anilines is 2. The monoisotopic (exact) mass is 608 g/mol. The lowest BCUT2D eigenvalue weighted by Crippen LogP contribution is -2.30. The van der Waals surface area contributed by atoms with Crippen LogP contribution < -0.4 is 16.0 Å². The van der Waals surface area contributed by atoms with Gasteiger partial charge in [0.05, 0.1) is 0 Å². The zero-order valence-corrected chi connectivity index (χ0v) is 24.9. The zero-order chi connectivity index (χ0) is 30.2. The number of hydrogen-bond donors (Lipinski definition) is 4.